The minimum absolute atomic E-state index is 0.0263. The first-order chi connectivity index (χ1) is 14.2. The third-order valence-electron chi connectivity index (χ3n) is 6.40. The molecule has 5 rings (SSSR count). The highest BCUT2D eigenvalue weighted by Gasteiger charge is 2.25. The van der Waals surface area contributed by atoms with Crippen molar-refractivity contribution in [3.05, 3.63) is 50.6 Å². The SMILES string of the molecule is N#Cc1cc2c(nc1N1CCC(Cn3nc4c(cc3=O)CCC4)CC1)CCOC2. The van der Waals surface area contributed by atoms with E-state index in [0.29, 0.717) is 31.2 Å². The molecule has 1 saturated heterocycles. The van der Waals surface area contributed by atoms with Crippen molar-refractivity contribution in [1.29, 1.82) is 5.26 Å². The van der Waals surface area contributed by atoms with Gasteiger partial charge in [0.15, 0.2) is 0 Å². The maximum Gasteiger partial charge on any atom is 0.267 e. The number of pyridine rings is 1. The number of nitrogens with zero attached hydrogens (tertiary/aromatic N) is 5. The standard InChI is InChI=1S/C22H25N5O2/c23-12-17-10-18-14-29-9-6-19(18)24-22(17)26-7-4-15(5-8-26)13-27-21(28)11-16-2-1-3-20(16)25-27/h10-11,15H,1-9,13-14H2. The zero-order valence-electron chi connectivity index (χ0n) is 16.6. The van der Waals surface area contributed by atoms with Gasteiger partial charge in [-0.3, -0.25) is 4.79 Å². The van der Waals surface area contributed by atoms with E-state index in [1.165, 1.54) is 0 Å². The lowest BCUT2D eigenvalue weighted by atomic mass is 9.96. The minimum Gasteiger partial charge on any atom is -0.376 e. The van der Waals surface area contributed by atoms with Crippen LogP contribution < -0.4 is 10.5 Å². The van der Waals surface area contributed by atoms with Crippen LogP contribution in [0.4, 0.5) is 5.82 Å². The first-order valence-electron chi connectivity index (χ1n) is 10.6. The van der Waals surface area contributed by atoms with E-state index in [1.807, 2.05) is 6.07 Å². The normalized spacial score (nSPS) is 18.9. The van der Waals surface area contributed by atoms with E-state index in [-0.39, 0.29) is 5.56 Å². The molecule has 4 heterocycles. The van der Waals surface area contributed by atoms with E-state index >= 15 is 0 Å². The Bertz CT molecular complexity index is 1030. The quantitative estimate of drug-likeness (QED) is 0.796. The number of fused-ring (bicyclic) bond motifs is 2. The maximum absolute atomic E-state index is 12.4. The number of aryl methyl sites for hydroxylation is 2. The summed E-state index contributed by atoms with van der Waals surface area (Å²) in [5.74, 6) is 1.23. The lowest BCUT2D eigenvalue weighted by molar-refractivity contribution is 0.109. The molecule has 0 aromatic carbocycles. The summed E-state index contributed by atoms with van der Waals surface area (Å²) >= 11 is 0. The van der Waals surface area contributed by atoms with Crippen molar-refractivity contribution in [3.8, 4) is 6.07 Å². The van der Waals surface area contributed by atoms with Gasteiger partial charge in [0.1, 0.15) is 11.9 Å². The van der Waals surface area contributed by atoms with Crippen molar-refractivity contribution in [3.63, 3.8) is 0 Å². The molecule has 2 aromatic rings. The summed E-state index contributed by atoms with van der Waals surface area (Å²) in [6, 6.07) is 6.03. The monoisotopic (exact) mass is 391 g/mol. The van der Waals surface area contributed by atoms with E-state index in [0.717, 1.165) is 79.9 Å². The Labute approximate surface area is 169 Å². The summed E-state index contributed by atoms with van der Waals surface area (Å²) in [7, 11) is 0. The maximum atomic E-state index is 12.4. The lowest BCUT2D eigenvalue weighted by Gasteiger charge is -2.34. The molecule has 1 aliphatic carbocycles. The highest BCUT2D eigenvalue weighted by Crippen LogP contribution is 2.28. The van der Waals surface area contributed by atoms with Crippen LogP contribution in [-0.2, 0) is 37.2 Å². The van der Waals surface area contributed by atoms with Gasteiger partial charge in [-0.25, -0.2) is 9.67 Å². The molecule has 2 aromatic heterocycles. The van der Waals surface area contributed by atoms with Crippen molar-refractivity contribution in [1.82, 2.24) is 14.8 Å². The van der Waals surface area contributed by atoms with Gasteiger partial charge in [-0.05, 0) is 49.7 Å². The number of nitriles is 1. The van der Waals surface area contributed by atoms with Crippen LogP contribution in [0, 0.1) is 17.2 Å². The molecule has 0 unspecified atom stereocenters. The third-order valence-corrected chi connectivity index (χ3v) is 6.40. The van der Waals surface area contributed by atoms with Crippen LogP contribution in [-0.4, -0.2) is 34.5 Å². The molecule has 1 fully saturated rings. The number of aromatic nitrogens is 3. The predicted molar refractivity (Wildman–Crippen MR) is 108 cm³/mol. The van der Waals surface area contributed by atoms with Crippen molar-refractivity contribution in [2.24, 2.45) is 5.92 Å². The molecule has 0 bridgehead atoms. The number of ether oxygens (including phenoxy) is 1. The molecule has 29 heavy (non-hydrogen) atoms. The zero-order chi connectivity index (χ0) is 19.8. The van der Waals surface area contributed by atoms with Crippen LogP contribution in [0.25, 0.3) is 0 Å². The number of anilines is 1. The Morgan fingerprint density at radius 2 is 2.00 bits per heavy atom. The van der Waals surface area contributed by atoms with Crippen LogP contribution in [0.5, 0.6) is 0 Å². The van der Waals surface area contributed by atoms with Gasteiger partial charge in [0.2, 0.25) is 0 Å². The highest BCUT2D eigenvalue weighted by atomic mass is 16.5. The van der Waals surface area contributed by atoms with Crippen LogP contribution in [0.3, 0.4) is 0 Å². The summed E-state index contributed by atoms with van der Waals surface area (Å²) in [4.78, 5) is 19.4. The molecule has 0 radical (unpaired) electrons. The molecule has 7 nitrogen and oxygen atoms in total. The Hall–Kier alpha value is -2.72. The molecule has 150 valence electrons. The largest absolute Gasteiger partial charge is 0.376 e. The second kappa shape index (κ2) is 7.60. The van der Waals surface area contributed by atoms with Crippen molar-refractivity contribution in [2.75, 3.05) is 24.6 Å². The average Bonchev–Trinajstić information content (AvgIpc) is 3.20. The summed E-state index contributed by atoms with van der Waals surface area (Å²) in [5, 5.41) is 14.2. The molecule has 7 heteroatoms. The predicted octanol–water partition coefficient (Wildman–Crippen LogP) is 1.99. The molecule has 0 atom stereocenters. The molecular weight excluding hydrogens is 366 g/mol. The molecule has 0 saturated carbocycles. The zero-order valence-corrected chi connectivity index (χ0v) is 16.6. The summed E-state index contributed by atoms with van der Waals surface area (Å²) < 4.78 is 7.16. The number of rotatable bonds is 3. The Morgan fingerprint density at radius 3 is 2.83 bits per heavy atom. The van der Waals surface area contributed by atoms with Crippen molar-refractivity contribution < 1.29 is 4.74 Å². The summed E-state index contributed by atoms with van der Waals surface area (Å²) in [6.45, 7) is 3.61. The molecule has 0 spiro atoms. The van der Waals surface area contributed by atoms with E-state index in [4.69, 9.17) is 9.72 Å². The van der Waals surface area contributed by atoms with Crippen molar-refractivity contribution >= 4 is 5.82 Å². The van der Waals surface area contributed by atoms with E-state index in [2.05, 4.69) is 16.1 Å². The number of hydrogen-bond donors (Lipinski definition) is 0. The smallest absolute Gasteiger partial charge is 0.267 e. The molecular formula is C22H25N5O2. The fraction of sp³-hybridized carbons (Fsp3) is 0.545. The number of hydrogen-bond acceptors (Lipinski definition) is 6. The van der Waals surface area contributed by atoms with Gasteiger partial charge in [0.05, 0.1) is 30.2 Å². The Morgan fingerprint density at radius 1 is 1.14 bits per heavy atom. The first kappa shape index (κ1) is 18.3. The van der Waals surface area contributed by atoms with E-state index in [1.54, 1.807) is 10.7 Å². The van der Waals surface area contributed by atoms with Crippen molar-refractivity contribution in [2.45, 2.75) is 51.7 Å². The van der Waals surface area contributed by atoms with Gasteiger partial charge in [-0.15, -0.1) is 0 Å². The van der Waals surface area contributed by atoms with Gasteiger partial charge >= 0.3 is 0 Å². The van der Waals surface area contributed by atoms with E-state index < -0.39 is 0 Å². The summed E-state index contributed by atoms with van der Waals surface area (Å²) in [6.07, 6.45) is 5.82. The van der Waals surface area contributed by atoms with Gasteiger partial charge in [0.25, 0.3) is 5.56 Å². The van der Waals surface area contributed by atoms with Gasteiger partial charge < -0.3 is 9.64 Å². The fourth-order valence-electron chi connectivity index (χ4n) is 4.74. The Kier molecular flexibility index (Phi) is 4.80. The lowest BCUT2D eigenvalue weighted by Crippen LogP contribution is -2.38. The molecule has 0 amide bonds. The fourth-order valence-corrected chi connectivity index (χ4v) is 4.74. The molecule has 2 aliphatic heterocycles. The molecule has 0 N–H and O–H groups in total. The highest BCUT2D eigenvalue weighted by molar-refractivity contribution is 5.56. The second-order valence-corrected chi connectivity index (χ2v) is 8.30. The van der Waals surface area contributed by atoms with Crippen LogP contribution in [0.15, 0.2) is 16.9 Å². The average molecular weight is 391 g/mol. The Balaban J connectivity index is 1.29. The third kappa shape index (κ3) is 3.53. The minimum atomic E-state index is 0.0263. The van der Waals surface area contributed by atoms with E-state index in [9.17, 15) is 10.1 Å². The van der Waals surface area contributed by atoms with Crippen LogP contribution >= 0.6 is 0 Å². The van der Waals surface area contributed by atoms with Gasteiger partial charge in [-0.1, -0.05) is 0 Å². The van der Waals surface area contributed by atoms with Gasteiger partial charge in [-0.2, -0.15) is 10.4 Å². The second-order valence-electron chi connectivity index (χ2n) is 8.30. The summed E-state index contributed by atoms with van der Waals surface area (Å²) in [5.41, 5.74) is 4.98. The van der Waals surface area contributed by atoms with Gasteiger partial charge in [0, 0.05) is 37.7 Å². The first-order valence-corrected chi connectivity index (χ1v) is 10.6. The van der Waals surface area contributed by atoms with Crippen LogP contribution in [0.1, 0.15) is 47.3 Å². The number of piperidine rings is 1. The topological polar surface area (TPSA) is 84.0 Å². The molecule has 3 aliphatic rings. The van der Waals surface area contributed by atoms with Crippen LogP contribution in [0.2, 0.25) is 0 Å².